The van der Waals surface area contributed by atoms with Gasteiger partial charge in [-0.3, -0.25) is 9.59 Å². The third-order valence-corrected chi connectivity index (χ3v) is 5.71. The van der Waals surface area contributed by atoms with Crippen LogP contribution in [0.4, 0.5) is 24.5 Å². The van der Waals surface area contributed by atoms with E-state index in [0.717, 1.165) is 12.1 Å². The smallest absolute Gasteiger partial charge is 0.416 e. The summed E-state index contributed by atoms with van der Waals surface area (Å²) in [4.78, 5) is 27.3. The molecular weight excluding hydrogens is 487 g/mol. The lowest BCUT2D eigenvalue weighted by Gasteiger charge is -2.29. The largest absolute Gasteiger partial charge is 0.486 e. The van der Waals surface area contributed by atoms with Crippen LogP contribution in [0.15, 0.2) is 36.4 Å². The molecule has 0 aliphatic carbocycles. The van der Waals surface area contributed by atoms with Crippen molar-refractivity contribution in [3.8, 4) is 11.5 Å². The molecule has 0 bridgehead atoms. The summed E-state index contributed by atoms with van der Waals surface area (Å²) in [6, 6.07) is 7.10. The first-order chi connectivity index (χ1) is 16.5. The van der Waals surface area contributed by atoms with E-state index in [4.69, 9.17) is 21.1 Å². The third-order valence-electron chi connectivity index (χ3n) is 5.39. The maximum absolute atomic E-state index is 13.3. The minimum Gasteiger partial charge on any atom is -0.486 e. The number of carbonyl (C=O) groups excluding carboxylic acids is 2. The molecule has 1 aliphatic heterocycles. The number of nitrogens with one attached hydrogen (secondary N) is 2. The molecule has 11 heteroatoms. The van der Waals surface area contributed by atoms with Gasteiger partial charge in [-0.2, -0.15) is 13.2 Å². The van der Waals surface area contributed by atoms with Gasteiger partial charge in [-0.25, -0.2) is 0 Å². The first kappa shape index (κ1) is 26.5. The van der Waals surface area contributed by atoms with Crippen molar-refractivity contribution >= 4 is 34.8 Å². The topological polar surface area (TPSA) is 79.9 Å². The van der Waals surface area contributed by atoms with Crippen LogP contribution in [-0.2, 0) is 15.8 Å². The van der Waals surface area contributed by atoms with Crippen molar-refractivity contribution in [2.75, 3.05) is 36.9 Å². The SMILES string of the molecule is CCN(CC(=O)Nc1ccc2c(c1)OCCO2)C(=O)[C@@H](Nc1ccc(C(F)(F)F)cc1Cl)C(C)C. The molecule has 1 aliphatic rings. The Morgan fingerprint density at radius 2 is 1.77 bits per heavy atom. The van der Waals surface area contributed by atoms with Crippen molar-refractivity contribution in [2.24, 2.45) is 5.92 Å². The summed E-state index contributed by atoms with van der Waals surface area (Å²) in [6.07, 6.45) is -4.53. The van der Waals surface area contributed by atoms with Crippen LogP contribution in [0.5, 0.6) is 11.5 Å². The molecule has 1 atom stereocenters. The van der Waals surface area contributed by atoms with Gasteiger partial charge in [0.15, 0.2) is 11.5 Å². The fourth-order valence-corrected chi connectivity index (χ4v) is 3.76. The Morgan fingerprint density at radius 1 is 1.09 bits per heavy atom. The van der Waals surface area contributed by atoms with Crippen molar-refractivity contribution in [3.05, 3.63) is 47.0 Å². The number of amides is 2. The zero-order valence-electron chi connectivity index (χ0n) is 19.5. The quantitative estimate of drug-likeness (QED) is 0.516. The molecule has 0 radical (unpaired) electrons. The summed E-state index contributed by atoms with van der Waals surface area (Å²) in [6.45, 7) is 6.21. The molecule has 35 heavy (non-hydrogen) atoms. The van der Waals surface area contributed by atoms with Crippen LogP contribution in [0.1, 0.15) is 26.3 Å². The standard InChI is InChI=1S/C24H27ClF3N3O4/c1-4-31(13-21(32)29-16-6-8-19-20(12-16)35-10-9-34-19)23(33)22(14(2)3)30-18-7-5-15(11-17(18)25)24(26,27)28/h5-8,11-12,14,22,30H,4,9-10,13H2,1-3H3,(H,29,32)/t22-/m0/s1. The summed E-state index contributed by atoms with van der Waals surface area (Å²) in [7, 11) is 0. The molecule has 0 saturated carbocycles. The van der Waals surface area contributed by atoms with Gasteiger partial charge in [-0.15, -0.1) is 0 Å². The summed E-state index contributed by atoms with van der Waals surface area (Å²) in [5.74, 6) is 0.0841. The highest BCUT2D eigenvalue weighted by atomic mass is 35.5. The molecule has 7 nitrogen and oxygen atoms in total. The molecule has 190 valence electrons. The molecule has 0 unspecified atom stereocenters. The van der Waals surface area contributed by atoms with Crippen LogP contribution in [-0.4, -0.2) is 49.1 Å². The van der Waals surface area contributed by atoms with Gasteiger partial charge in [-0.1, -0.05) is 25.4 Å². The van der Waals surface area contributed by atoms with Gasteiger partial charge in [0.25, 0.3) is 0 Å². The Balaban J connectivity index is 1.68. The van der Waals surface area contributed by atoms with Crippen LogP contribution >= 0.6 is 11.6 Å². The molecule has 2 amide bonds. The lowest BCUT2D eigenvalue weighted by molar-refractivity contribution is -0.137. The van der Waals surface area contributed by atoms with E-state index in [1.54, 1.807) is 39.0 Å². The molecule has 3 rings (SSSR count). The number of halogens is 4. The average Bonchev–Trinajstić information content (AvgIpc) is 2.80. The second-order valence-corrected chi connectivity index (χ2v) is 8.72. The summed E-state index contributed by atoms with van der Waals surface area (Å²) >= 11 is 6.06. The molecule has 1 heterocycles. The highest BCUT2D eigenvalue weighted by molar-refractivity contribution is 6.33. The van der Waals surface area contributed by atoms with Crippen molar-refractivity contribution in [2.45, 2.75) is 33.0 Å². The van der Waals surface area contributed by atoms with E-state index in [0.29, 0.717) is 30.4 Å². The van der Waals surface area contributed by atoms with E-state index in [-0.39, 0.29) is 35.6 Å². The normalized spacial score (nSPS) is 13.8. The Labute approximate surface area is 206 Å². The summed E-state index contributed by atoms with van der Waals surface area (Å²) < 4.78 is 49.8. The predicted octanol–water partition coefficient (Wildman–Crippen LogP) is 5.05. The number of ether oxygens (including phenoxy) is 2. The van der Waals surface area contributed by atoms with Crippen molar-refractivity contribution in [1.29, 1.82) is 0 Å². The zero-order chi connectivity index (χ0) is 25.8. The Bertz CT molecular complexity index is 1080. The minimum absolute atomic E-state index is 0.155. The number of hydrogen-bond donors (Lipinski definition) is 2. The van der Waals surface area contributed by atoms with Gasteiger partial charge in [0.05, 0.1) is 22.8 Å². The fourth-order valence-electron chi connectivity index (χ4n) is 3.53. The van der Waals surface area contributed by atoms with Crippen molar-refractivity contribution in [3.63, 3.8) is 0 Å². The van der Waals surface area contributed by atoms with E-state index in [2.05, 4.69) is 10.6 Å². The van der Waals surface area contributed by atoms with Gasteiger partial charge >= 0.3 is 6.18 Å². The number of benzene rings is 2. The van der Waals surface area contributed by atoms with E-state index in [9.17, 15) is 22.8 Å². The second-order valence-electron chi connectivity index (χ2n) is 8.32. The lowest BCUT2D eigenvalue weighted by atomic mass is 10.0. The molecule has 2 aromatic carbocycles. The maximum Gasteiger partial charge on any atom is 0.416 e. The number of rotatable bonds is 8. The highest BCUT2D eigenvalue weighted by Crippen LogP contribution is 2.35. The van der Waals surface area contributed by atoms with Gasteiger partial charge in [0, 0.05) is 18.3 Å². The summed E-state index contributed by atoms with van der Waals surface area (Å²) in [5, 5.41) is 5.53. The van der Waals surface area contributed by atoms with Crippen molar-refractivity contribution < 1.29 is 32.2 Å². The fraction of sp³-hybridized carbons (Fsp3) is 0.417. The van der Waals surface area contributed by atoms with E-state index in [1.807, 2.05) is 0 Å². The Hall–Kier alpha value is -3.14. The van der Waals surface area contributed by atoms with Gasteiger partial charge in [0.2, 0.25) is 11.8 Å². The van der Waals surface area contributed by atoms with Crippen LogP contribution in [0.3, 0.4) is 0 Å². The average molecular weight is 514 g/mol. The van der Waals surface area contributed by atoms with Crippen LogP contribution < -0.4 is 20.1 Å². The number of carbonyl (C=O) groups is 2. The molecule has 0 aromatic heterocycles. The Morgan fingerprint density at radius 3 is 2.37 bits per heavy atom. The van der Waals surface area contributed by atoms with Crippen LogP contribution in [0.25, 0.3) is 0 Å². The Kier molecular flexibility index (Phi) is 8.37. The zero-order valence-corrected chi connectivity index (χ0v) is 20.3. The minimum atomic E-state index is -4.53. The molecule has 0 saturated heterocycles. The highest BCUT2D eigenvalue weighted by Gasteiger charge is 2.32. The van der Waals surface area contributed by atoms with Gasteiger partial charge in [-0.05, 0) is 43.2 Å². The van der Waals surface area contributed by atoms with E-state index in [1.165, 1.54) is 11.0 Å². The summed E-state index contributed by atoms with van der Waals surface area (Å²) in [5.41, 5.74) is -0.187. The van der Waals surface area contributed by atoms with Crippen LogP contribution in [0, 0.1) is 5.92 Å². The van der Waals surface area contributed by atoms with Gasteiger partial charge in [0.1, 0.15) is 19.3 Å². The molecule has 2 aromatic rings. The number of anilines is 2. The predicted molar refractivity (Wildman–Crippen MR) is 127 cm³/mol. The molecule has 0 fully saturated rings. The molecule has 0 spiro atoms. The molecular formula is C24H27ClF3N3O4. The third kappa shape index (κ3) is 6.72. The van der Waals surface area contributed by atoms with E-state index < -0.39 is 23.7 Å². The van der Waals surface area contributed by atoms with Crippen LogP contribution in [0.2, 0.25) is 5.02 Å². The first-order valence-corrected chi connectivity index (χ1v) is 11.5. The van der Waals surface area contributed by atoms with Gasteiger partial charge < -0.3 is 25.0 Å². The first-order valence-electron chi connectivity index (χ1n) is 11.1. The number of fused-ring (bicyclic) bond motifs is 1. The van der Waals surface area contributed by atoms with E-state index >= 15 is 0 Å². The maximum atomic E-state index is 13.3. The molecule has 2 N–H and O–H groups in total. The lowest BCUT2D eigenvalue weighted by Crippen LogP contribution is -2.48. The second kappa shape index (κ2) is 11.1. The number of likely N-dealkylation sites (N-methyl/N-ethyl adjacent to an activating group) is 1. The number of alkyl halides is 3. The number of hydrogen-bond acceptors (Lipinski definition) is 5. The monoisotopic (exact) mass is 513 g/mol. The number of nitrogens with zero attached hydrogens (tertiary/aromatic N) is 1. The van der Waals surface area contributed by atoms with Crippen molar-refractivity contribution in [1.82, 2.24) is 4.90 Å².